The third kappa shape index (κ3) is 6.08. The Balaban J connectivity index is 2.17. The van der Waals surface area contributed by atoms with Gasteiger partial charge in [-0.3, -0.25) is 0 Å². The van der Waals surface area contributed by atoms with Gasteiger partial charge in [-0.1, -0.05) is 13.3 Å². The molecule has 1 aliphatic heterocycles. The summed E-state index contributed by atoms with van der Waals surface area (Å²) in [5.41, 5.74) is -0.0918. The summed E-state index contributed by atoms with van der Waals surface area (Å²) >= 11 is 0. The van der Waals surface area contributed by atoms with Crippen LogP contribution in [-0.2, 0) is 0 Å². The van der Waals surface area contributed by atoms with Crippen LogP contribution in [0.1, 0.15) is 46.5 Å². The molecule has 1 rings (SSSR count). The number of aliphatic hydroxyl groups excluding tert-OH is 1. The van der Waals surface area contributed by atoms with Gasteiger partial charge < -0.3 is 20.2 Å². The van der Waals surface area contributed by atoms with Gasteiger partial charge in [0.15, 0.2) is 0 Å². The van der Waals surface area contributed by atoms with Crippen LogP contribution in [0, 0.1) is 0 Å². The van der Waals surface area contributed by atoms with E-state index in [1.807, 2.05) is 0 Å². The van der Waals surface area contributed by atoms with Gasteiger partial charge >= 0.3 is 0 Å². The van der Waals surface area contributed by atoms with Gasteiger partial charge in [0.25, 0.3) is 0 Å². The first-order valence-electron chi connectivity index (χ1n) is 8.29. The molecule has 0 aliphatic carbocycles. The van der Waals surface area contributed by atoms with E-state index in [0.717, 1.165) is 19.4 Å². The predicted molar refractivity (Wildman–Crippen MR) is 86.2 cm³/mol. The lowest BCUT2D eigenvalue weighted by Gasteiger charge is -2.38. The van der Waals surface area contributed by atoms with Crippen LogP contribution in [0.25, 0.3) is 0 Å². The molecule has 0 bridgehead atoms. The largest absolute Gasteiger partial charge is 0.394 e. The van der Waals surface area contributed by atoms with Gasteiger partial charge in [0.1, 0.15) is 0 Å². The maximum atomic E-state index is 9.55. The van der Waals surface area contributed by atoms with Gasteiger partial charge in [0.05, 0.1) is 6.61 Å². The number of nitrogens with zero attached hydrogens (tertiary/aromatic N) is 2. The Bertz CT molecular complexity index is 262. The molecular weight excluding hydrogens is 250 g/mol. The smallest absolute Gasteiger partial charge is 0.0610 e. The number of piperazine rings is 1. The highest BCUT2D eigenvalue weighted by Crippen LogP contribution is 2.15. The summed E-state index contributed by atoms with van der Waals surface area (Å²) in [5.74, 6) is 0. The van der Waals surface area contributed by atoms with Crippen LogP contribution in [0.5, 0.6) is 0 Å². The van der Waals surface area contributed by atoms with Crippen LogP contribution < -0.4 is 5.32 Å². The molecule has 120 valence electrons. The lowest BCUT2D eigenvalue weighted by atomic mass is 9.95. The number of unbranched alkanes of at least 4 members (excludes halogenated alkanes) is 1. The Morgan fingerprint density at radius 1 is 1.30 bits per heavy atom. The molecule has 0 spiro atoms. The zero-order valence-electron chi connectivity index (χ0n) is 14.0. The zero-order chi connectivity index (χ0) is 15.0. The second-order valence-electron chi connectivity index (χ2n) is 6.73. The highest BCUT2D eigenvalue weighted by atomic mass is 16.3. The zero-order valence-corrected chi connectivity index (χ0v) is 14.0. The van der Waals surface area contributed by atoms with E-state index in [1.165, 1.54) is 39.0 Å². The highest BCUT2D eigenvalue weighted by molar-refractivity contribution is 4.82. The molecule has 0 aromatic rings. The van der Waals surface area contributed by atoms with Crippen LogP contribution in [-0.4, -0.2) is 72.9 Å². The first-order chi connectivity index (χ1) is 9.50. The van der Waals surface area contributed by atoms with Crippen LogP contribution in [0.2, 0.25) is 0 Å². The van der Waals surface area contributed by atoms with Crippen molar-refractivity contribution in [3.63, 3.8) is 0 Å². The number of nitrogens with one attached hydrogen (secondary N) is 1. The number of likely N-dealkylation sites (N-methyl/N-ethyl adjacent to an activating group) is 1. The fourth-order valence-electron chi connectivity index (χ4n) is 2.83. The third-order valence-electron chi connectivity index (χ3n) is 4.65. The SMILES string of the molecule is CCCNC(C)(CO)CCCCN1CCN(C)C(C)C1. The number of rotatable bonds is 9. The molecule has 1 saturated heterocycles. The summed E-state index contributed by atoms with van der Waals surface area (Å²) in [6, 6.07) is 0.678. The molecular formula is C16H35N3O. The van der Waals surface area contributed by atoms with E-state index in [0.29, 0.717) is 6.04 Å². The Morgan fingerprint density at radius 3 is 2.65 bits per heavy atom. The van der Waals surface area contributed by atoms with E-state index in [2.05, 4.69) is 42.9 Å². The van der Waals surface area contributed by atoms with E-state index >= 15 is 0 Å². The number of hydrogen-bond donors (Lipinski definition) is 2. The second kappa shape index (κ2) is 8.98. The summed E-state index contributed by atoms with van der Waals surface area (Å²) in [4.78, 5) is 5.02. The van der Waals surface area contributed by atoms with Crippen molar-refractivity contribution in [3.05, 3.63) is 0 Å². The monoisotopic (exact) mass is 285 g/mol. The molecule has 0 radical (unpaired) electrons. The molecule has 4 heteroatoms. The first-order valence-corrected chi connectivity index (χ1v) is 8.29. The van der Waals surface area contributed by atoms with E-state index in [9.17, 15) is 5.11 Å². The Labute approximate surface area is 125 Å². The maximum absolute atomic E-state index is 9.55. The topological polar surface area (TPSA) is 38.7 Å². The summed E-state index contributed by atoms with van der Waals surface area (Å²) in [7, 11) is 2.22. The second-order valence-corrected chi connectivity index (χ2v) is 6.73. The normalized spacial score (nSPS) is 24.8. The molecule has 0 saturated carbocycles. The standard InChI is InChI=1S/C16H35N3O/c1-5-9-17-16(3,14-20)8-6-7-10-19-12-11-18(4)15(2)13-19/h15,17,20H,5-14H2,1-4H3. The van der Waals surface area contributed by atoms with Crippen molar-refractivity contribution in [1.82, 2.24) is 15.1 Å². The molecule has 2 atom stereocenters. The average molecular weight is 285 g/mol. The first kappa shape index (κ1) is 17.9. The highest BCUT2D eigenvalue weighted by Gasteiger charge is 2.23. The quantitative estimate of drug-likeness (QED) is 0.630. The lowest BCUT2D eigenvalue weighted by Crippen LogP contribution is -2.50. The maximum Gasteiger partial charge on any atom is 0.0610 e. The molecule has 4 nitrogen and oxygen atoms in total. The molecule has 2 unspecified atom stereocenters. The molecule has 0 amide bonds. The van der Waals surface area contributed by atoms with Crippen LogP contribution in [0.4, 0.5) is 0 Å². The summed E-state index contributed by atoms with van der Waals surface area (Å²) in [5, 5.41) is 13.0. The van der Waals surface area contributed by atoms with E-state index < -0.39 is 0 Å². The van der Waals surface area contributed by atoms with Gasteiger partial charge in [-0.2, -0.15) is 0 Å². The van der Waals surface area contributed by atoms with Gasteiger partial charge in [-0.05, 0) is 53.2 Å². The summed E-state index contributed by atoms with van der Waals surface area (Å²) in [6.07, 6.45) is 4.61. The van der Waals surface area contributed by atoms with E-state index in [-0.39, 0.29) is 12.1 Å². The summed E-state index contributed by atoms with van der Waals surface area (Å²) < 4.78 is 0. The van der Waals surface area contributed by atoms with Gasteiger partial charge in [0, 0.05) is 31.2 Å². The minimum absolute atomic E-state index is 0.0918. The predicted octanol–water partition coefficient (Wildman–Crippen LogP) is 1.54. The van der Waals surface area contributed by atoms with Crippen molar-refractivity contribution < 1.29 is 5.11 Å². The summed E-state index contributed by atoms with van der Waals surface area (Å²) in [6.45, 7) is 12.6. The van der Waals surface area contributed by atoms with E-state index in [4.69, 9.17) is 0 Å². The molecule has 20 heavy (non-hydrogen) atoms. The van der Waals surface area contributed by atoms with Crippen LogP contribution >= 0.6 is 0 Å². The molecule has 2 N–H and O–H groups in total. The average Bonchev–Trinajstić information content (AvgIpc) is 2.45. The molecule has 1 fully saturated rings. The van der Waals surface area contributed by atoms with Crippen molar-refractivity contribution in [2.24, 2.45) is 0 Å². The minimum atomic E-state index is -0.0918. The van der Waals surface area contributed by atoms with Gasteiger partial charge in [0.2, 0.25) is 0 Å². The lowest BCUT2D eigenvalue weighted by molar-refractivity contribution is 0.102. The van der Waals surface area contributed by atoms with Crippen LogP contribution in [0.15, 0.2) is 0 Å². The Morgan fingerprint density at radius 2 is 2.05 bits per heavy atom. The van der Waals surface area contributed by atoms with Crippen molar-refractivity contribution >= 4 is 0 Å². The molecule has 0 aromatic carbocycles. The molecule has 1 aliphatic rings. The van der Waals surface area contributed by atoms with Crippen molar-refractivity contribution in [2.45, 2.75) is 58.0 Å². The number of aliphatic hydroxyl groups is 1. The van der Waals surface area contributed by atoms with Gasteiger partial charge in [-0.15, -0.1) is 0 Å². The van der Waals surface area contributed by atoms with Crippen molar-refractivity contribution in [2.75, 3.05) is 46.4 Å². The van der Waals surface area contributed by atoms with Crippen molar-refractivity contribution in [1.29, 1.82) is 0 Å². The van der Waals surface area contributed by atoms with E-state index in [1.54, 1.807) is 0 Å². The fourth-order valence-corrected chi connectivity index (χ4v) is 2.83. The molecule has 1 heterocycles. The van der Waals surface area contributed by atoms with Crippen molar-refractivity contribution in [3.8, 4) is 0 Å². The Kier molecular flexibility index (Phi) is 8.03. The fraction of sp³-hybridized carbons (Fsp3) is 1.00. The Hall–Kier alpha value is -0.160. The third-order valence-corrected chi connectivity index (χ3v) is 4.65. The minimum Gasteiger partial charge on any atom is -0.394 e. The van der Waals surface area contributed by atoms with Crippen LogP contribution in [0.3, 0.4) is 0 Å². The van der Waals surface area contributed by atoms with Gasteiger partial charge in [-0.25, -0.2) is 0 Å². The molecule has 0 aromatic heterocycles. The number of hydrogen-bond acceptors (Lipinski definition) is 4.